The van der Waals surface area contributed by atoms with E-state index in [1.165, 1.54) is 6.92 Å². The van der Waals surface area contributed by atoms with E-state index in [1.807, 2.05) is 0 Å². The van der Waals surface area contributed by atoms with Crippen LogP contribution in [-0.2, 0) is 4.79 Å². The number of nitrogens with one attached hydrogen (secondary N) is 1. The molecule has 0 bridgehead atoms. The van der Waals surface area contributed by atoms with Gasteiger partial charge >= 0.3 is 6.03 Å². The van der Waals surface area contributed by atoms with Crippen molar-refractivity contribution in [1.29, 1.82) is 0 Å². The number of piperazine rings is 1. The summed E-state index contributed by atoms with van der Waals surface area (Å²) in [6.07, 6.45) is 0. The predicted molar refractivity (Wildman–Crippen MR) is 79.3 cm³/mol. The van der Waals surface area contributed by atoms with E-state index in [1.54, 1.807) is 28.0 Å². The van der Waals surface area contributed by atoms with E-state index in [9.17, 15) is 9.59 Å². The first kappa shape index (κ1) is 14.9. The number of urea groups is 1. The fraction of sp³-hybridized carbons (Fsp3) is 0.385. The molecular formula is C13H15Cl2N3O2. The number of hydrogen-bond acceptors (Lipinski definition) is 2. The Morgan fingerprint density at radius 1 is 1.10 bits per heavy atom. The molecule has 1 aromatic rings. The zero-order chi connectivity index (χ0) is 14.7. The summed E-state index contributed by atoms with van der Waals surface area (Å²) in [5.74, 6) is 0.0305. The first-order valence-corrected chi connectivity index (χ1v) is 7.00. The van der Waals surface area contributed by atoms with Crippen molar-refractivity contribution >= 4 is 40.8 Å². The highest BCUT2D eigenvalue weighted by Gasteiger charge is 2.22. The van der Waals surface area contributed by atoms with Crippen LogP contribution < -0.4 is 5.32 Å². The van der Waals surface area contributed by atoms with Gasteiger partial charge in [0.1, 0.15) is 0 Å². The minimum absolute atomic E-state index is 0.0305. The van der Waals surface area contributed by atoms with Crippen LogP contribution in [0.3, 0.4) is 0 Å². The number of benzene rings is 1. The highest BCUT2D eigenvalue weighted by molar-refractivity contribution is 6.43. The summed E-state index contributed by atoms with van der Waals surface area (Å²) in [5.41, 5.74) is 0.484. The topological polar surface area (TPSA) is 52.7 Å². The summed E-state index contributed by atoms with van der Waals surface area (Å²) >= 11 is 11.9. The van der Waals surface area contributed by atoms with E-state index in [2.05, 4.69) is 5.32 Å². The van der Waals surface area contributed by atoms with Crippen LogP contribution in [0, 0.1) is 0 Å². The minimum Gasteiger partial charge on any atom is -0.339 e. The molecule has 7 heteroatoms. The lowest BCUT2D eigenvalue weighted by molar-refractivity contribution is -0.130. The molecule has 5 nitrogen and oxygen atoms in total. The molecule has 1 heterocycles. The summed E-state index contributed by atoms with van der Waals surface area (Å²) in [6, 6.07) is 4.83. The van der Waals surface area contributed by atoms with Gasteiger partial charge in [-0.2, -0.15) is 0 Å². The molecule has 3 amide bonds. The van der Waals surface area contributed by atoms with Crippen LogP contribution in [0.4, 0.5) is 10.5 Å². The molecule has 0 radical (unpaired) electrons. The van der Waals surface area contributed by atoms with Crippen LogP contribution >= 0.6 is 23.2 Å². The number of halogens is 2. The average Bonchev–Trinajstić information content (AvgIpc) is 2.44. The SMILES string of the molecule is CC(=O)N1CCN(C(=O)Nc2cccc(Cl)c2Cl)CC1. The summed E-state index contributed by atoms with van der Waals surface area (Å²) in [7, 11) is 0. The van der Waals surface area contributed by atoms with Crippen LogP contribution in [0.5, 0.6) is 0 Å². The summed E-state index contributed by atoms with van der Waals surface area (Å²) in [6.45, 7) is 3.63. The van der Waals surface area contributed by atoms with Gasteiger partial charge in [-0.1, -0.05) is 29.3 Å². The Morgan fingerprint density at radius 3 is 2.30 bits per heavy atom. The zero-order valence-corrected chi connectivity index (χ0v) is 12.5. The Balaban J connectivity index is 1.96. The van der Waals surface area contributed by atoms with Gasteiger partial charge in [-0.05, 0) is 12.1 Å². The number of rotatable bonds is 1. The van der Waals surface area contributed by atoms with E-state index in [0.717, 1.165) is 0 Å². The van der Waals surface area contributed by atoms with Crippen molar-refractivity contribution in [2.24, 2.45) is 0 Å². The van der Waals surface area contributed by atoms with Crippen LogP contribution in [0.25, 0.3) is 0 Å². The molecule has 0 atom stereocenters. The first-order valence-electron chi connectivity index (χ1n) is 6.24. The maximum atomic E-state index is 12.1. The van der Waals surface area contributed by atoms with E-state index >= 15 is 0 Å². The Kier molecular flexibility index (Phi) is 4.73. The molecule has 0 aromatic heterocycles. The maximum absolute atomic E-state index is 12.1. The molecule has 1 fully saturated rings. The number of carbonyl (C=O) groups excluding carboxylic acids is 2. The third kappa shape index (κ3) is 3.35. The van der Waals surface area contributed by atoms with Crippen molar-refractivity contribution in [3.63, 3.8) is 0 Å². The van der Waals surface area contributed by atoms with E-state index in [4.69, 9.17) is 23.2 Å². The second-order valence-electron chi connectivity index (χ2n) is 4.52. The Labute approximate surface area is 127 Å². The van der Waals surface area contributed by atoms with Gasteiger partial charge in [0, 0.05) is 33.1 Å². The first-order chi connectivity index (χ1) is 9.49. The quantitative estimate of drug-likeness (QED) is 0.866. The van der Waals surface area contributed by atoms with Crippen molar-refractivity contribution < 1.29 is 9.59 Å². The van der Waals surface area contributed by atoms with Crippen LogP contribution in [-0.4, -0.2) is 47.9 Å². The lowest BCUT2D eigenvalue weighted by atomic mass is 10.3. The maximum Gasteiger partial charge on any atom is 0.322 e. The molecule has 1 aliphatic heterocycles. The van der Waals surface area contributed by atoms with Gasteiger partial charge in [0.05, 0.1) is 15.7 Å². The van der Waals surface area contributed by atoms with Crippen LogP contribution in [0.1, 0.15) is 6.92 Å². The van der Waals surface area contributed by atoms with Gasteiger partial charge in [-0.3, -0.25) is 4.79 Å². The van der Waals surface area contributed by atoms with Gasteiger partial charge in [0.15, 0.2) is 0 Å². The molecule has 108 valence electrons. The molecule has 0 unspecified atom stereocenters. The Bertz CT molecular complexity index is 528. The monoisotopic (exact) mass is 315 g/mol. The average molecular weight is 316 g/mol. The third-order valence-corrected chi connectivity index (χ3v) is 4.02. The lowest BCUT2D eigenvalue weighted by Gasteiger charge is -2.34. The standard InChI is InChI=1S/C13H15Cl2N3O2/c1-9(19)17-5-7-18(8-6-17)13(20)16-11-4-2-3-10(14)12(11)15/h2-4H,5-8H2,1H3,(H,16,20). The van der Waals surface area contributed by atoms with Gasteiger partial charge in [-0.15, -0.1) is 0 Å². The number of carbonyl (C=O) groups is 2. The van der Waals surface area contributed by atoms with Gasteiger partial charge in [0.25, 0.3) is 0 Å². The van der Waals surface area contributed by atoms with Crippen molar-refractivity contribution in [1.82, 2.24) is 9.80 Å². The van der Waals surface area contributed by atoms with Gasteiger partial charge in [-0.25, -0.2) is 4.79 Å². The summed E-state index contributed by atoms with van der Waals surface area (Å²) in [5, 5.41) is 3.45. The van der Waals surface area contributed by atoms with Gasteiger partial charge < -0.3 is 15.1 Å². The minimum atomic E-state index is -0.239. The molecule has 20 heavy (non-hydrogen) atoms. The highest BCUT2D eigenvalue weighted by Crippen LogP contribution is 2.29. The molecule has 0 aliphatic carbocycles. The molecule has 2 rings (SSSR count). The van der Waals surface area contributed by atoms with E-state index in [-0.39, 0.29) is 11.9 Å². The molecule has 1 saturated heterocycles. The molecule has 1 aromatic carbocycles. The van der Waals surface area contributed by atoms with Crippen LogP contribution in [0.2, 0.25) is 10.0 Å². The van der Waals surface area contributed by atoms with Crippen LogP contribution in [0.15, 0.2) is 18.2 Å². The Hall–Kier alpha value is -1.46. The van der Waals surface area contributed by atoms with Crippen molar-refractivity contribution in [2.45, 2.75) is 6.92 Å². The molecule has 1 aliphatic rings. The van der Waals surface area contributed by atoms with Gasteiger partial charge in [0.2, 0.25) is 5.91 Å². The molecular weight excluding hydrogens is 301 g/mol. The fourth-order valence-electron chi connectivity index (χ4n) is 2.02. The second-order valence-corrected chi connectivity index (χ2v) is 5.31. The largest absolute Gasteiger partial charge is 0.339 e. The van der Waals surface area contributed by atoms with E-state index in [0.29, 0.717) is 41.9 Å². The fourth-order valence-corrected chi connectivity index (χ4v) is 2.37. The summed E-state index contributed by atoms with van der Waals surface area (Å²) in [4.78, 5) is 26.7. The highest BCUT2D eigenvalue weighted by atomic mass is 35.5. The Morgan fingerprint density at radius 2 is 1.70 bits per heavy atom. The number of amides is 3. The van der Waals surface area contributed by atoms with E-state index < -0.39 is 0 Å². The third-order valence-electron chi connectivity index (χ3n) is 3.21. The smallest absolute Gasteiger partial charge is 0.322 e. The zero-order valence-electron chi connectivity index (χ0n) is 11.0. The normalized spacial score (nSPS) is 15.2. The van der Waals surface area contributed by atoms with Crippen molar-refractivity contribution in [3.8, 4) is 0 Å². The van der Waals surface area contributed by atoms with Crippen molar-refractivity contribution in [2.75, 3.05) is 31.5 Å². The lowest BCUT2D eigenvalue weighted by Crippen LogP contribution is -2.51. The number of hydrogen-bond donors (Lipinski definition) is 1. The molecule has 0 saturated carbocycles. The molecule has 0 spiro atoms. The molecule has 1 N–H and O–H groups in total. The second kappa shape index (κ2) is 6.33. The van der Waals surface area contributed by atoms with Crippen molar-refractivity contribution in [3.05, 3.63) is 28.2 Å². The summed E-state index contributed by atoms with van der Waals surface area (Å²) < 4.78 is 0. The number of nitrogens with zero attached hydrogens (tertiary/aromatic N) is 2. The predicted octanol–water partition coefficient (Wildman–Crippen LogP) is 2.69. The number of anilines is 1.